The smallest absolute Gasteiger partial charge is 0.246 e. The molecule has 5 nitrogen and oxygen atoms in total. The van der Waals surface area contributed by atoms with Crippen LogP contribution in [0.3, 0.4) is 0 Å². The highest BCUT2D eigenvalue weighted by Crippen LogP contribution is 2.31. The van der Waals surface area contributed by atoms with E-state index in [9.17, 15) is 4.79 Å². The van der Waals surface area contributed by atoms with Crippen molar-refractivity contribution in [2.75, 3.05) is 26.3 Å². The van der Waals surface area contributed by atoms with Crippen molar-refractivity contribution in [2.24, 2.45) is 0 Å². The molecular formula is C14H17NO4. The Morgan fingerprint density at radius 3 is 2.63 bits per heavy atom. The van der Waals surface area contributed by atoms with Crippen molar-refractivity contribution in [2.45, 2.75) is 18.6 Å². The molecule has 0 saturated carbocycles. The summed E-state index contributed by atoms with van der Waals surface area (Å²) in [4.78, 5) is 13.8. The van der Waals surface area contributed by atoms with E-state index >= 15 is 0 Å². The van der Waals surface area contributed by atoms with Crippen LogP contribution in [0.25, 0.3) is 6.08 Å². The topological polar surface area (TPSA) is 51.9 Å². The molecule has 19 heavy (non-hydrogen) atoms. The summed E-state index contributed by atoms with van der Waals surface area (Å²) >= 11 is 0. The molecule has 0 atom stereocenters. The lowest BCUT2D eigenvalue weighted by Gasteiger charge is -2.37. The summed E-state index contributed by atoms with van der Waals surface area (Å²) in [7, 11) is 0. The standard InChI is InChI=1S/C14H17NO4/c16-13(4-3-12-2-1-9-17-12)15-7-5-14(6-8-15)18-10-11-19-14/h1-4,9H,5-8,10-11H2/b4-3+. The Morgan fingerprint density at radius 1 is 1.26 bits per heavy atom. The first-order valence-electron chi connectivity index (χ1n) is 6.56. The van der Waals surface area contributed by atoms with Gasteiger partial charge < -0.3 is 18.8 Å². The van der Waals surface area contributed by atoms with Crippen LogP contribution in [0.2, 0.25) is 0 Å². The van der Waals surface area contributed by atoms with Crippen LogP contribution in [0.4, 0.5) is 0 Å². The first kappa shape index (κ1) is 12.4. The normalized spacial score (nSPS) is 22.4. The molecule has 1 aromatic heterocycles. The molecule has 2 aliphatic heterocycles. The Bertz CT molecular complexity index is 450. The molecule has 0 aliphatic carbocycles. The van der Waals surface area contributed by atoms with Gasteiger partial charge in [0.15, 0.2) is 5.79 Å². The van der Waals surface area contributed by atoms with Crippen molar-refractivity contribution < 1.29 is 18.7 Å². The fourth-order valence-corrected chi connectivity index (χ4v) is 2.50. The molecule has 3 rings (SSSR count). The molecule has 102 valence electrons. The molecule has 2 aliphatic rings. The number of hydrogen-bond acceptors (Lipinski definition) is 4. The van der Waals surface area contributed by atoms with Crippen molar-refractivity contribution in [3.8, 4) is 0 Å². The average molecular weight is 263 g/mol. The maximum atomic E-state index is 12.0. The highest BCUT2D eigenvalue weighted by Gasteiger charge is 2.40. The maximum absolute atomic E-state index is 12.0. The zero-order valence-electron chi connectivity index (χ0n) is 10.7. The molecule has 2 fully saturated rings. The Kier molecular flexibility index (Phi) is 3.40. The molecule has 1 amide bonds. The number of piperidine rings is 1. The van der Waals surface area contributed by atoms with E-state index in [1.165, 1.54) is 0 Å². The van der Waals surface area contributed by atoms with Gasteiger partial charge in [0.2, 0.25) is 5.91 Å². The molecule has 5 heteroatoms. The third-order valence-electron chi connectivity index (χ3n) is 3.58. The highest BCUT2D eigenvalue weighted by atomic mass is 16.7. The van der Waals surface area contributed by atoms with E-state index in [-0.39, 0.29) is 5.91 Å². The zero-order valence-corrected chi connectivity index (χ0v) is 10.7. The van der Waals surface area contributed by atoms with Crippen molar-refractivity contribution in [1.82, 2.24) is 4.90 Å². The average Bonchev–Trinajstić information content (AvgIpc) is 3.09. The van der Waals surface area contributed by atoms with Gasteiger partial charge >= 0.3 is 0 Å². The zero-order chi connectivity index (χ0) is 13.1. The van der Waals surface area contributed by atoms with Crippen LogP contribution in [0.5, 0.6) is 0 Å². The van der Waals surface area contributed by atoms with Gasteiger partial charge in [-0.3, -0.25) is 4.79 Å². The number of carbonyl (C=O) groups excluding carboxylic acids is 1. The number of ether oxygens (including phenoxy) is 2. The van der Waals surface area contributed by atoms with Gasteiger partial charge in [0.25, 0.3) is 0 Å². The summed E-state index contributed by atoms with van der Waals surface area (Å²) < 4.78 is 16.4. The fraction of sp³-hybridized carbons (Fsp3) is 0.500. The number of furan rings is 1. The van der Waals surface area contributed by atoms with Gasteiger partial charge in [-0.2, -0.15) is 0 Å². The van der Waals surface area contributed by atoms with Crippen LogP contribution in [0.15, 0.2) is 28.9 Å². The van der Waals surface area contributed by atoms with Crippen molar-refractivity contribution >= 4 is 12.0 Å². The van der Waals surface area contributed by atoms with E-state index in [1.807, 2.05) is 11.0 Å². The van der Waals surface area contributed by atoms with Crippen LogP contribution in [-0.4, -0.2) is 42.9 Å². The molecule has 1 aromatic rings. The molecule has 1 spiro atoms. The second kappa shape index (κ2) is 5.19. The number of amides is 1. The minimum absolute atomic E-state index is 0.00393. The minimum Gasteiger partial charge on any atom is -0.465 e. The number of rotatable bonds is 2. The summed E-state index contributed by atoms with van der Waals surface area (Å²) in [6, 6.07) is 3.61. The minimum atomic E-state index is -0.429. The van der Waals surface area contributed by atoms with Gasteiger partial charge in [-0.25, -0.2) is 0 Å². The van der Waals surface area contributed by atoms with Gasteiger partial charge in [-0.05, 0) is 18.2 Å². The molecular weight excluding hydrogens is 246 g/mol. The second-order valence-electron chi connectivity index (χ2n) is 4.78. The second-order valence-corrected chi connectivity index (χ2v) is 4.78. The predicted octanol–water partition coefficient (Wildman–Crippen LogP) is 1.66. The quantitative estimate of drug-likeness (QED) is 0.761. The molecule has 2 saturated heterocycles. The Morgan fingerprint density at radius 2 is 2.00 bits per heavy atom. The van der Waals surface area contributed by atoms with Gasteiger partial charge in [-0.1, -0.05) is 0 Å². The van der Waals surface area contributed by atoms with E-state index in [1.54, 1.807) is 24.5 Å². The van der Waals surface area contributed by atoms with Crippen molar-refractivity contribution in [3.05, 3.63) is 30.2 Å². The van der Waals surface area contributed by atoms with Gasteiger partial charge in [-0.15, -0.1) is 0 Å². The summed E-state index contributed by atoms with van der Waals surface area (Å²) in [6.45, 7) is 2.65. The van der Waals surface area contributed by atoms with Crippen molar-refractivity contribution in [3.63, 3.8) is 0 Å². The summed E-state index contributed by atoms with van der Waals surface area (Å²) in [5, 5.41) is 0. The van der Waals surface area contributed by atoms with Crippen molar-refractivity contribution in [1.29, 1.82) is 0 Å². The van der Waals surface area contributed by atoms with E-state index in [0.717, 1.165) is 12.8 Å². The highest BCUT2D eigenvalue weighted by molar-refractivity contribution is 5.91. The maximum Gasteiger partial charge on any atom is 0.246 e. The van der Waals surface area contributed by atoms with Gasteiger partial charge in [0.05, 0.1) is 19.5 Å². The van der Waals surface area contributed by atoms with E-state index in [0.29, 0.717) is 32.1 Å². The lowest BCUT2D eigenvalue weighted by molar-refractivity contribution is -0.186. The van der Waals surface area contributed by atoms with Crippen LogP contribution < -0.4 is 0 Å². The number of carbonyl (C=O) groups is 1. The third-order valence-corrected chi connectivity index (χ3v) is 3.58. The van der Waals surface area contributed by atoms with Gasteiger partial charge in [0.1, 0.15) is 5.76 Å². The summed E-state index contributed by atoms with van der Waals surface area (Å²) in [5.41, 5.74) is 0. The molecule has 0 radical (unpaired) electrons. The largest absolute Gasteiger partial charge is 0.465 e. The molecule has 0 bridgehead atoms. The Hall–Kier alpha value is -1.59. The van der Waals surface area contributed by atoms with E-state index in [2.05, 4.69) is 0 Å². The first-order valence-corrected chi connectivity index (χ1v) is 6.56. The van der Waals surface area contributed by atoms with Crippen LogP contribution in [-0.2, 0) is 14.3 Å². The van der Waals surface area contributed by atoms with Crippen LogP contribution >= 0.6 is 0 Å². The van der Waals surface area contributed by atoms with Gasteiger partial charge in [0, 0.05) is 32.0 Å². The SMILES string of the molecule is O=C(/C=C/c1ccco1)N1CCC2(CC1)OCCO2. The number of hydrogen-bond donors (Lipinski definition) is 0. The first-order chi connectivity index (χ1) is 9.27. The Balaban J connectivity index is 1.54. The molecule has 3 heterocycles. The Labute approximate surface area is 111 Å². The molecule has 0 unspecified atom stereocenters. The fourth-order valence-electron chi connectivity index (χ4n) is 2.50. The lowest BCUT2D eigenvalue weighted by atomic mass is 10.0. The summed E-state index contributed by atoms with van der Waals surface area (Å²) in [5.74, 6) is 0.259. The van der Waals surface area contributed by atoms with Crippen LogP contribution in [0, 0.1) is 0 Å². The third kappa shape index (κ3) is 2.72. The predicted molar refractivity (Wildman–Crippen MR) is 68.2 cm³/mol. The summed E-state index contributed by atoms with van der Waals surface area (Å²) in [6.07, 6.45) is 6.31. The van der Waals surface area contributed by atoms with E-state index < -0.39 is 5.79 Å². The van der Waals surface area contributed by atoms with E-state index in [4.69, 9.17) is 13.9 Å². The monoisotopic (exact) mass is 263 g/mol. The number of nitrogens with zero attached hydrogens (tertiary/aromatic N) is 1. The molecule has 0 N–H and O–H groups in total. The molecule has 0 aromatic carbocycles. The number of likely N-dealkylation sites (tertiary alicyclic amines) is 1. The lowest BCUT2D eigenvalue weighted by Crippen LogP contribution is -2.46. The van der Waals surface area contributed by atoms with Crippen LogP contribution in [0.1, 0.15) is 18.6 Å².